The van der Waals surface area contributed by atoms with Crippen LogP contribution in [0.1, 0.15) is 56.7 Å². The van der Waals surface area contributed by atoms with Gasteiger partial charge in [-0.05, 0) is 31.9 Å². The Morgan fingerprint density at radius 1 is 1.13 bits per heavy atom. The summed E-state index contributed by atoms with van der Waals surface area (Å²) in [5, 5.41) is 3.48. The number of carbonyl (C=O) groups is 1. The summed E-state index contributed by atoms with van der Waals surface area (Å²) in [4.78, 5) is 17.7. The van der Waals surface area contributed by atoms with Gasteiger partial charge in [0.1, 0.15) is 24.3 Å². The molecular formula is C28H33F3N3O4+. The van der Waals surface area contributed by atoms with Gasteiger partial charge in [0.15, 0.2) is 6.04 Å². The van der Waals surface area contributed by atoms with Crippen LogP contribution in [0.4, 0.5) is 13.2 Å². The summed E-state index contributed by atoms with van der Waals surface area (Å²) < 4.78 is 55.2. The van der Waals surface area contributed by atoms with Crippen LogP contribution in [0, 0.1) is 5.41 Å². The first-order chi connectivity index (χ1) is 18.1. The van der Waals surface area contributed by atoms with E-state index in [9.17, 15) is 18.0 Å². The van der Waals surface area contributed by atoms with Crippen LogP contribution in [-0.4, -0.2) is 47.4 Å². The zero-order valence-corrected chi connectivity index (χ0v) is 22.0. The monoisotopic (exact) mass is 532 g/mol. The van der Waals surface area contributed by atoms with E-state index in [1.165, 1.54) is 0 Å². The molecule has 1 amide bonds. The minimum atomic E-state index is -4.73. The van der Waals surface area contributed by atoms with Gasteiger partial charge in [-0.15, -0.1) is 0 Å². The summed E-state index contributed by atoms with van der Waals surface area (Å²) in [7, 11) is 1.93. The fraction of sp³-hybridized carbons (Fsp3) is 0.464. The SMILES string of the molecule is CC.CC1(C(=O)[N+]2(C)Cc3ccc(-c4noc(C(F)(F)F)n4)cc3OCC2c2ccccc2)CCCOC1. The molecule has 204 valence electrons. The molecule has 0 saturated carbocycles. The number of hydrogen-bond acceptors (Lipinski definition) is 6. The predicted molar refractivity (Wildman–Crippen MR) is 134 cm³/mol. The van der Waals surface area contributed by atoms with Gasteiger partial charge in [-0.25, -0.2) is 9.28 Å². The topological polar surface area (TPSA) is 74.5 Å². The van der Waals surface area contributed by atoms with Crippen molar-refractivity contribution in [1.82, 2.24) is 10.1 Å². The predicted octanol–water partition coefficient (Wildman–Crippen LogP) is 6.21. The van der Waals surface area contributed by atoms with Crippen molar-refractivity contribution in [1.29, 1.82) is 0 Å². The van der Waals surface area contributed by atoms with Gasteiger partial charge in [0.05, 0.1) is 13.7 Å². The molecule has 0 spiro atoms. The van der Waals surface area contributed by atoms with Crippen molar-refractivity contribution in [3.63, 3.8) is 0 Å². The standard InChI is InChI=1S/C26H27F3N3O4.C2H6/c1-25(11-6-12-34-16-25)24(33)32(2)14-19-10-9-18(22-30-23(36-31-22)26(27,28)29)13-21(19)35-15-20(32)17-7-4-3-5-8-17;1-2/h3-5,7-10,13,20H,6,11-12,14-16H2,1-2H3;1-2H3/q+1;. The van der Waals surface area contributed by atoms with E-state index < -0.39 is 17.5 Å². The maximum Gasteiger partial charge on any atom is 0.471 e. The minimum Gasteiger partial charge on any atom is -0.486 e. The fourth-order valence-electron chi connectivity index (χ4n) is 5.24. The second-order valence-corrected chi connectivity index (χ2v) is 9.93. The Balaban J connectivity index is 0.00000164. The van der Waals surface area contributed by atoms with E-state index in [1.807, 2.05) is 58.2 Å². The Morgan fingerprint density at radius 3 is 2.50 bits per heavy atom. The minimum absolute atomic E-state index is 0.0737. The number of hydrogen-bond donors (Lipinski definition) is 0. The second-order valence-electron chi connectivity index (χ2n) is 9.93. The van der Waals surface area contributed by atoms with E-state index in [1.54, 1.807) is 18.2 Å². The molecule has 3 unspecified atom stereocenters. The lowest BCUT2D eigenvalue weighted by atomic mass is 9.81. The number of benzene rings is 2. The van der Waals surface area contributed by atoms with E-state index in [-0.39, 0.29) is 28.9 Å². The van der Waals surface area contributed by atoms with Crippen LogP contribution in [0.3, 0.4) is 0 Å². The van der Waals surface area contributed by atoms with Gasteiger partial charge >= 0.3 is 18.0 Å². The molecule has 3 heterocycles. The molecule has 1 aromatic heterocycles. The van der Waals surface area contributed by atoms with Gasteiger partial charge in [-0.2, -0.15) is 18.2 Å². The van der Waals surface area contributed by atoms with Crippen LogP contribution in [0.15, 0.2) is 53.1 Å². The lowest BCUT2D eigenvalue weighted by Gasteiger charge is -2.43. The first-order valence-corrected chi connectivity index (χ1v) is 12.8. The molecule has 2 aliphatic rings. The first kappa shape index (κ1) is 27.8. The van der Waals surface area contributed by atoms with E-state index in [4.69, 9.17) is 9.47 Å². The third-order valence-electron chi connectivity index (χ3n) is 7.18. The summed E-state index contributed by atoms with van der Waals surface area (Å²) in [5.41, 5.74) is 1.44. The number of carbonyl (C=O) groups excluding carboxylic acids is 1. The fourth-order valence-corrected chi connectivity index (χ4v) is 5.24. The number of alkyl halides is 3. The molecule has 5 rings (SSSR count). The van der Waals surface area contributed by atoms with E-state index in [2.05, 4.69) is 14.7 Å². The number of aromatic nitrogens is 2. The van der Waals surface area contributed by atoms with Gasteiger partial charge in [-0.1, -0.05) is 55.4 Å². The second kappa shape index (κ2) is 10.9. The molecule has 7 nitrogen and oxygen atoms in total. The van der Waals surface area contributed by atoms with Crippen LogP contribution in [0.2, 0.25) is 0 Å². The third kappa shape index (κ3) is 5.33. The van der Waals surface area contributed by atoms with Crippen LogP contribution >= 0.6 is 0 Å². The summed E-state index contributed by atoms with van der Waals surface area (Å²) in [6.45, 7) is 7.54. The van der Waals surface area contributed by atoms with Gasteiger partial charge in [0.25, 0.3) is 0 Å². The number of likely N-dealkylation sites (N-methyl/N-ethyl adjacent to an activating group) is 1. The largest absolute Gasteiger partial charge is 0.486 e. The lowest BCUT2D eigenvalue weighted by molar-refractivity contribution is -0.882. The van der Waals surface area contributed by atoms with E-state index in [0.29, 0.717) is 31.1 Å². The molecule has 3 atom stereocenters. The lowest BCUT2D eigenvalue weighted by Crippen LogP contribution is -2.59. The van der Waals surface area contributed by atoms with Crippen molar-refractivity contribution in [2.45, 2.75) is 52.4 Å². The number of halogens is 3. The zero-order valence-electron chi connectivity index (χ0n) is 22.0. The van der Waals surface area contributed by atoms with Gasteiger partial charge in [0.2, 0.25) is 5.82 Å². The average molecular weight is 533 g/mol. The summed E-state index contributed by atoms with van der Waals surface area (Å²) in [6, 6.07) is 14.4. The highest BCUT2D eigenvalue weighted by molar-refractivity contribution is 5.76. The van der Waals surface area contributed by atoms with Crippen molar-refractivity contribution in [3.05, 3.63) is 65.5 Å². The maximum absolute atomic E-state index is 14.2. The average Bonchev–Trinajstić information content (AvgIpc) is 3.37. The summed E-state index contributed by atoms with van der Waals surface area (Å²) >= 11 is 0. The molecule has 0 N–H and O–H groups in total. The Bertz CT molecular complexity index is 1260. The van der Waals surface area contributed by atoms with Crippen LogP contribution in [0.5, 0.6) is 5.75 Å². The smallest absolute Gasteiger partial charge is 0.471 e. The molecule has 2 aliphatic heterocycles. The molecular weight excluding hydrogens is 499 g/mol. The number of ether oxygens (including phenoxy) is 2. The summed E-state index contributed by atoms with van der Waals surface area (Å²) in [6.07, 6.45) is -3.17. The van der Waals surface area contributed by atoms with Crippen molar-refractivity contribution in [2.24, 2.45) is 5.41 Å². The van der Waals surface area contributed by atoms with Gasteiger partial charge in [-0.3, -0.25) is 0 Å². The van der Waals surface area contributed by atoms with Gasteiger partial charge < -0.3 is 14.0 Å². The molecule has 3 aromatic rings. The number of nitrogens with zero attached hydrogens (tertiary/aromatic N) is 3. The Kier molecular flexibility index (Phi) is 7.94. The molecule has 0 aliphatic carbocycles. The van der Waals surface area contributed by atoms with Gasteiger partial charge in [0, 0.05) is 23.3 Å². The highest BCUT2D eigenvalue weighted by Gasteiger charge is 2.52. The normalized spacial score (nSPS) is 25.3. The molecule has 0 radical (unpaired) electrons. The third-order valence-corrected chi connectivity index (χ3v) is 7.18. The molecule has 2 aromatic carbocycles. The highest BCUT2D eigenvalue weighted by Crippen LogP contribution is 2.43. The first-order valence-electron chi connectivity index (χ1n) is 12.8. The van der Waals surface area contributed by atoms with Crippen molar-refractivity contribution in [3.8, 4) is 17.1 Å². The number of fused-ring (bicyclic) bond motifs is 1. The summed E-state index contributed by atoms with van der Waals surface area (Å²) in [5.74, 6) is -1.04. The van der Waals surface area contributed by atoms with Crippen LogP contribution in [-0.2, 0) is 22.3 Å². The molecule has 0 bridgehead atoms. The molecule has 38 heavy (non-hydrogen) atoms. The molecule has 10 heteroatoms. The van der Waals surface area contributed by atoms with E-state index in [0.717, 1.165) is 24.0 Å². The van der Waals surface area contributed by atoms with Crippen molar-refractivity contribution >= 4 is 5.91 Å². The van der Waals surface area contributed by atoms with Crippen LogP contribution < -0.4 is 4.74 Å². The Hall–Kier alpha value is -3.24. The molecule has 1 fully saturated rings. The Labute approximate surface area is 220 Å². The number of amides is 1. The molecule has 1 saturated heterocycles. The number of rotatable bonds is 3. The quantitative estimate of drug-likeness (QED) is 0.374. The van der Waals surface area contributed by atoms with E-state index >= 15 is 0 Å². The highest BCUT2D eigenvalue weighted by atomic mass is 19.4. The van der Waals surface area contributed by atoms with Crippen molar-refractivity contribution in [2.75, 3.05) is 26.9 Å². The number of quaternary nitrogens is 1. The van der Waals surface area contributed by atoms with Crippen LogP contribution in [0.25, 0.3) is 11.4 Å². The van der Waals surface area contributed by atoms with Crippen molar-refractivity contribution < 1.29 is 36.4 Å². The Morgan fingerprint density at radius 2 is 1.87 bits per heavy atom. The maximum atomic E-state index is 14.2. The zero-order chi connectivity index (χ0) is 27.6.